The summed E-state index contributed by atoms with van der Waals surface area (Å²) in [6.07, 6.45) is 1.95. The van der Waals surface area contributed by atoms with Gasteiger partial charge in [-0.3, -0.25) is 0 Å². The van der Waals surface area contributed by atoms with E-state index in [4.69, 9.17) is 11.6 Å². The van der Waals surface area contributed by atoms with Crippen LogP contribution in [0.4, 0.5) is 4.39 Å². The third-order valence-electron chi connectivity index (χ3n) is 5.92. The first kappa shape index (κ1) is 19.4. The first-order chi connectivity index (χ1) is 13.3. The number of likely N-dealkylation sites (N-methyl/N-ethyl adjacent to an activating group) is 1. The Morgan fingerprint density at radius 3 is 2.64 bits per heavy atom. The highest BCUT2D eigenvalue weighted by Crippen LogP contribution is 2.34. The molecular weight excluding hydrogens is 375 g/mol. The van der Waals surface area contributed by atoms with Crippen molar-refractivity contribution < 1.29 is 9.50 Å². The molecule has 0 fully saturated rings. The fraction of sp³-hybridized carbons (Fsp3) is 0.391. The van der Waals surface area contributed by atoms with Gasteiger partial charge in [-0.1, -0.05) is 29.3 Å². The smallest absolute Gasteiger partial charge is 0.141 e. The average Bonchev–Trinajstić information content (AvgIpc) is 2.77. The van der Waals surface area contributed by atoms with Gasteiger partial charge in [0.05, 0.1) is 11.6 Å². The summed E-state index contributed by atoms with van der Waals surface area (Å²) in [6.45, 7) is 6.30. The van der Waals surface area contributed by atoms with E-state index in [1.807, 2.05) is 0 Å². The second-order valence-electron chi connectivity index (χ2n) is 8.24. The summed E-state index contributed by atoms with van der Waals surface area (Å²) in [5.74, 6) is -0.472. The normalized spacial score (nSPS) is 17.4. The van der Waals surface area contributed by atoms with Crippen molar-refractivity contribution in [3.8, 4) is 0 Å². The molecule has 2 heterocycles. The Morgan fingerprint density at radius 1 is 1.14 bits per heavy atom. The van der Waals surface area contributed by atoms with E-state index >= 15 is 0 Å². The Kier molecular flexibility index (Phi) is 4.98. The highest BCUT2D eigenvalue weighted by Gasteiger charge is 2.29. The van der Waals surface area contributed by atoms with Crippen LogP contribution in [0, 0.1) is 12.7 Å². The molecule has 0 amide bonds. The number of hydrogen-bond donors (Lipinski definition) is 1. The quantitative estimate of drug-likeness (QED) is 0.691. The van der Waals surface area contributed by atoms with Crippen molar-refractivity contribution in [3.05, 3.63) is 69.6 Å². The molecule has 1 aliphatic heterocycles. The van der Waals surface area contributed by atoms with Gasteiger partial charge < -0.3 is 14.6 Å². The molecule has 1 unspecified atom stereocenters. The Balaban J connectivity index is 1.82. The zero-order valence-corrected chi connectivity index (χ0v) is 17.4. The molecule has 3 aromatic rings. The molecule has 0 aliphatic carbocycles. The van der Waals surface area contributed by atoms with E-state index in [-0.39, 0.29) is 5.02 Å². The Hall–Kier alpha value is -1.88. The summed E-state index contributed by atoms with van der Waals surface area (Å²) in [5.41, 5.74) is 4.51. The highest BCUT2D eigenvalue weighted by atomic mass is 35.5. The van der Waals surface area contributed by atoms with E-state index in [1.165, 1.54) is 34.3 Å². The predicted molar refractivity (Wildman–Crippen MR) is 113 cm³/mol. The van der Waals surface area contributed by atoms with Crippen molar-refractivity contribution in [3.63, 3.8) is 0 Å². The molecule has 28 heavy (non-hydrogen) atoms. The summed E-state index contributed by atoms with van der Waals surface area (Å²) < 4.78 is 15.8. The molecule has 2 aromatic carbocycles. The van der Waals surface area contributed by atoms with Crippen molar-refractivity contribution in [2.75, 3.05) is 20.1 Å². The average molecular weight is 401 g/mol. The molecule has 0 saturated carbocycles. The molecule has 3 nitrogen and oxygen atoms in total. The van der Waals surface area contributed by atoms with Crippen molar-refractivity contribution in [2.24, 2.45) is 0 Å². The number of aliphatic hydroxyl groups is 1. The van der Waals surface area contributed by atoms with Gasteiger partial charge in [0, 0.05) is 36.1 Å². The summed E-state index contributed by atoms with van der Waals surface area (Å²) in [4.78, 5) is 2.35. The lowest BCUT2D eigenvalue weighted by atomic mass is 9.95. The van der Waals surface area contributed by atoms with E-state index in [2.05, 4.69) is 41.6 Å². The fourth-order valence-corrected chi connectivity index (χ4v) is 4.46. The predicted octanol–water partition coefficient (Wildman–Crippen LogP) is 4.68. The van der Waals surface area contributed by atoms with Crippen molar-refractivity contribution in [2.45, 2.75) is 38.8 Å². The molecular formula is C23H26ClFN2O. The topological polar surface area (TPSA) is 28.4 Å². The summed E-state index contributed by atoms with van der Waals surface area (Å²) in [6, 6.07) is 11.0. The lowest BCUT2D eigenvalue weighted by Gasteiger charge is -2.27. The molecule has 0 radical (unpaired) electrons. The van der Waals surface area contributed by atoms with Crippen molar-refractivity contribution >= 4 is 22.5 Å². The Bertz CT molecular complexity index is 1040. The van der Waals surface area contributed by atoms with Gasteiger partial charge in [0.25, 0.3) is 0 Å². The van der Waals surface area contributed by atoms with Gasteiger partial charge in [-0.2, -0.15) is 0 Å². The SMILES string of the molecule is Cc1ccc2c(c1)c1c(n2CC(C)(O)c2ccc(F)c(Cl)c2)CCN(C)CC1. The van der Waals surface area contributed by atoms with Gasteiger partial charge in [-0.05, 0) is 62.7 Å². The van der Waals surface area contributed by atoms with Crippen LogP contribution >= 0.6 is 11.6 Å². The van der Waals surface area contributed by atoms with Gasteiger partial charge in [0.15, 0.2) is 0 Å². The first-order valence-electron chi connectivity index (χ1n) is 9.73. The van der Waals surface area contributed by atoms with Crippen LogP contribution in [0.2, 0.25) is 5.02 Å². The molecule has 1 N–H and O–H groups in total. The van der Waals surface area contributed by atoms with Gasteiger partial charge in [-0.15, -0.1) is 0 Å². The van der Waals surface area contributed by atoms with Crippen LogP contribution in [0.1, 0.15) is 29.3 Å². The van der Waals surface area contributed by atoms with E-state index < -0.39 is 11.4 Å². The summed E-state index contributed by atoms with van der Waals surface area (Å²) in [5, 5.41) is 12.6. The third-order valence-corrected chi connectivity index (χ3v) is 6.21. The molecule has 1 atom stereocenters. The lowest BCUT2D eigenvalue weighted by Crippen LogP contribution is -2.29. The lowest BCUT2D eigenvalue weighted by molar-refractivity contribution is 0.0387. The Labute approximate surface area is 170 Å². The van der Waals surface area contributed by atoms with Crippen LogP contribution in [0.3, 0.4) is 0 Å². The van der Waals surface area contributed by atoms with Crippen LogP contribution in [-0.4, -0.2) is 34.7 Å². The maximum Gasteiger partial charge on any atom is 0.141 e. The standard InChI is InChI=1S/C23H26ClFN2O/c1-15-4-7-21-18(12-15)17-8-10-26(3)11-9-22(17)27(21)14-23(2,28)16-5-6-20(25)19(24)13-16/h4-7,12-13,28H,8-11,14H2,1-3H3. The third kappa shape index (κ3) is 3.45. The van der Waals surface area contributed by atoms with E-state index in [1.54, 1.807) is 13.0 Å². The molecule has 1 aliphatic rings. The molecule has 148 valence electrons. The number of benzene rings is 2. The van der Waals surface area contributed by atoms with Gasteiger partial charge in [0.2, 0.25) is 0 Å². The summed E-state index contributed by atoms with van der Waals surface area (Å²) >= 11 is 5.97. The van der Waals surface area contributed by atoms with Crippen LogP contribution in [0.25, 0.3) is 10.9 Å². The number of nitrogens with zero attached hydrogens (tertiary/aromatic N) is 2. The summed E-state index contributed by atoms with van der Waals surface area (Å²) in [7, 11) is 2.15. The molecule has 0 bridgehead atoms. The molecule has 0 saturated heterocycles. The number of hydrogen-bond acceptors (Lipinski definition) is 2. The zero-order chi connectivity index (χ0) is 20.1. The number of halogens is 2. The zero-order valence-electron chi connectivity index (χ0n) is 16.6. The van der Waals surface area contributed by atoms with Crippen LogP contribution in [-0.2, 0) is 25.0 Å². The molecule has 0 spiro atoms. The maximum absolute atomic E-state index is 13.6. The van der Waals surface area contributed by atoms with E-state index in [9.17, 15) is 9.50 Å². The number of fused-ring (bicyclic) bond motifs is 3. The van der Waals surface area contributed by atoms with Gasteiger partial charge in [0.1, 0.15) is 11.4 Å². The van der Waals surface area contributed by atoms with E-state index in [0.29, 0.717) is 12.1 Å². The molecule has 4 rings (SSSR count). The second-order valence-corrected chi connectivity index (χ2v) is 8.65. The van der Waals surface area contributed by atoms with Crippen LogP contribution < -0.4 is 0 Å². The van der Waals surface area contributed by atoms with Crippen molar-refractivity contribution in [1.82, 2.24) is 9.47 Å². The molecule has 1 aromatic heterocycles. The van der Waals surface area contributed by atoms with Crippen LogP contribution in [0.15, 0.2) is 36.4 Å². The van der Waals surface area contributed by atoms with Gasteiger partial charge >= 0.3 is 0 Å². The second kappa shape index (κ2) is 7.18. The minimum atomic E-state index is -1.17. The van der Waals surface area contributed by atoms with E-state index in [0.717, 1.165) is 31.4 Å². The monoisotopic (exact) mass is 400 g/mol. The minimum Gasteiger partial charge on any atom is -0.384 e. The maximum atomic E-state index is 13.6. The largest absolute Gasteiger partial charge is 0.384 e. The highest BCUT2D eigenvalue weighted by molar-refractivity contribution is 6.30. The van der Waals surface area contributed by atoms with Gasteiger partial charge in [-0.25, -0.2) is 4.39 Å². The molecule has 5 heteroatoms. The van der Waals surface area contributed by atoms with Crippen LogP contribution in [0.5, 0.6) is 0 Å². The first-order valence-corrected chi connectivity index (χ1v) is 10.1. The number of aromatic nitrogens is 1. The van der Waals surface area contributed by atoms with Crippen molar-refractivity contribution in [1.29, 1.82) is 0 Å². The number of aryl methyl sites for hydroxylation is 1. The minimum absolute atomic E-state index is 0.0335. The number of rotatable bonds is 3. The Morgan fingerprint density at radius 2 is 1.89 bits per heavy atom. The fourth-order valence-electron chi connectivity index (χ4n) is 4.28.